The van der Waals surface area contributed by atoms with Gasteiger partial charge in [-0.05, 0) is 44.2 Å². The van der Waals surface area contributed by atoms with Gasteiger partial charge < -0.3 is 9.84 Å². The number of benzene rings is 2. The lowest BCUT2D eigenvalue weighted by atomic mass is 9.86. The number of alkyl halides is 3. The minimum Gasteiger partial charge on any atom is -0.485 e. The molecular weight excluding hydrogens is 409 g/mol. The van der Waals surface area contributed by atoms with Crippen molar-refractivity contribution in [2.75, 3.05) is 0 Å². The van der Waals surface area contributed by atoms with Gasteiger partial charge >= 0.3 is 6.18 Å². The predicted molar refractivity (Wildman–Crippen MR) is 96.4 cm³/mol. The van der Waals surface area contributed by atoms with E-state index in [1.165, 1.54) is 38.1 Å². The highest BCUT2D eigenvalue weighted by molar-refractivity contribution is 7.89. The van der Waals surface area contributed by atoms with Gasteiger partial charge in [-0.1, -0.05) is 12.1 Å². The third-order valence-corrected chi connectivity index (χ3v) is 6.14. The Morgan fingerprint density at radius 3 is 2.48 bits per heavy atom. The zero-order chi connectivity index (χ0) is 21.6. The number of nitriles is 1. The van der Waals surface area contributed by atoms with E-state index in [9.17, 15) is 26.7 Å². The molecule has 0 saturated carbocycles. The zero-order valence-corrected chi connectivity index (χ0v) is 16.2. The fourth-order valence-electron chi connectivity index (χ4n) is 3.16. The Kier molecular flexibility index (Phi) is 5.11. The molecule has 0 amide bonds. The number of aliphatic hydroxyl groups excluding tert-OH is 1. The van der Waals surface area contributed by atoms with Gasteiger partial charge in [-0.15, -0.1) is 0 Å². The van der Waals surface area contributed by atoms with E-state index in [1.54, 1.807) is 0 Å². The molecule has 29 heavy (non-hydrogen) atoms. The van der Waals surface area contributed by atoms with Gasteiger partial charge in [0.05, 0.1) is 28.1 Å². The molecule has 6 nitrogen and oxygen atoms in total. The van der Waals surface area contributed by atoms with Crippen molar-refractivity contribution in [1.29, 1.82) is 5.26 Å². The zero-order valence-electron chi connectivity index (χ0n) is 15.4. The molecule has 0 spiro atoms. The van der Waals surface area contributed by atoms with Crippen molar-refractivity contribution >= 4 is 10.0 Å². The summed E-state index contributed by atoms with van der Waals surface area (Å²) in [6, 6.07) is 8.58. The molecule has 1 aliphatic rings. The summed E-state index contributed by atoms with van der Waals surface area (Å²) in [5.74, 6) is 0.219. The third-order valence-electron chi connectivity index (χ3n) is 4.64. The van der Waals surface area contributed by atoms with Crippen molar-refractivity contribution in [1.82, 2.24) is 4.72 Å². The number of nitrogens with one attached hydrogen (secondary N) is 1. The quantitative estimate of drug-likeness (QED) is 0.786. The average molecular weight is 426 g/mol. The summed E-state index contributed by atoms with van der Waals surface area (Å²) >= 11 is 0. The van der Waals surface area contributed by atoms with Crippen molar-refractivity contribution in [3.05, 3.63) is 59.2 Å². The molecule has 2 unspecified atom stereocenters. The smallest absolute Gasteiger partial charge is 0.417 e. The van der Waals surface area contributed by atoms with Gasteiger partial charge in [-0.2, -0.15) is 18.4 Å². The van der Waals surface area contributed by atoms with Gasteiger partial charge in [0, 0.05) is 5.56 Å². The Balaban J connectivity index is 2.11. The summed E-state index contributed by atoms with van der Waals surface area (Å²) in [6.07, 6.45) is -6.32. The molecule has 154 valence electrons. The van der Waals surface area contributed by atoms with E-state index < -0.39 is 44.4 Å². The highest BCUT2D eigenvalue weighted by atomic mass is 32.2. The van der Waals surface area contributed by atoms with Crippen molar-refractivity contribution in [2.45, 2.75) is 42.7 Å². The van der Waals surface area contributed by atoms with Crippen LogP contribution in [-0.4, -0.2) is 25.2 Å². The number of fused-ring (bicyclic) bond motifs is 1. The Morgan fingerprint density at radius 1 is 1.21 bits per heavy atom. The van der Waals surface area contributed by atoms with Crippen LogP contribution < -0.4 is 9.46 Å². The minimum absolute atomic E-state index is 0.156. The number of nitrogens with zero attached hydrogens (tertiary/aromatic N) is 1. The van der Waals surface area contributed by atoms with Gasteiger partial charge in [0.25, 0.3) is 0 Å². The van der Waals surface area contributed by atoms with Crippen LogP contribution in [0.1, 0.15) is 36.6 Å². The van der Waals surface area contributed by atoms with E-state index in [1.807, 2.05) is 6.07 Å². The molecule has 3 rings (SSSR count). The van der Waals surface area contributed by atoms with Crippen molar-refractivity contribution in [3.8, 4) is 11.8 Å². The van der Waals surface area contributed by atoms with Crippen LogP contribution in [0.2, 0.25) is 0 Å². The molecule has 0 saturated heterocycles. The molecule has 2 N–H and O–H groups in total. The van der Waals surface area contributed by atoms with Gasteiger partial charge in [-0.25, -0.2) is 13.1 Å². The van der Waals surface area contributed by atoms with E-state index in [0.717, 1.165) is 12.1 Å². The fourth-order valence-corrected chi connectivity index (χ4v) is 4.61. The van der Waals surface area contributed by atoms with Crippen LogP contribution in [0.4, 0.5) is 13.2 Å². The third kappa shape index (κ3) is 3.94. The number of sulfonamides is 1. The van der Waals surface area contributed by atoms with E-state index in [4.69, 9.17) is 10.00 Å². The maximum absolute atomic E-state index is 13.3. The van der Waals surface area contributed by atoms with E-state index in [-0.39, 0.29) is 16.9 Å². The molecule has 0 bridgehead atoms. The molecule has 0 fully saturated rings. The van der Waals surface area contributed by atoms with Gasteiger partial charge in [-0.3, -0.25) is 0 Å². The minimum atomic E-state index is -4.88. The summed E-state index contributed by atoms with van der Waals surface area (Å²) in [7, 11) is -4.69. The number of halogens is 3. The highest BCUT2D eigenvalue weighted by Crippen LogP contribution is 2.41. The normalized spacial score (nSPS) is 21.0. The molecule has 2 aromatic carbocycles. The van der Waals surface area contributed by atoms with E-state index in [2.05, 4.69) is 4.72 Å². The van der Waals surface area contributed by atoms with Crippen LogP contribution in [0.25, 0.3) is 0 Å². The number of hydrogen-bond donors (Lipinski definition) is 2. The molecule has 0 radical (unpaired) electrons. The molecular formula is C19H17F3N2O4S. The summed E-state index contributed by atoms with van der Waals surface area (Å²) in [5, 5.41) is 19.8. The number of ether oxygens (including phenoxy) is 1. The van der Waals surface area contributed by atoms with Gasteiger partial charge in [0.2, 0.25) is 10.0 Å². The summed E-state index contributed by atoms with van der Waals surface area (Å²) in [6.45, 7) is 3.04. The lowest BCUT2D eigenvalue weighted by Gasteiger charge is -2.42. The SMILES string of the molecule is CC1(C)Oc2ccc(C#N)cc2C(NS(=O)(=O)c2ccccc2C(F)(F)F)C1O. The maximum atomic E-state index is 13.3. The first kappa shape index (κ1) is 21.1. The fraction of sp³-hybridized carbons (Fsp3) is 0.316. The first-order chi connectivity index (χ1) is 13.4. The first-order valence-electron chi connectivity index (χ1n) is 8.46. The molecule has 10 heteroatoms. The van der Waals surface area contributed by atoms with Crippen LogP contribution in [0, 0.1) is 11.3 Å². The van der Waals surface area contributed by atoms with Gasteiger partial charge in [0.15, 0.2) is 0 Å². The van der Waals surface area contributed by atoms with E-state index >= 15 is 0 Å². The second-order valence-corrected chi connectivity index (χ2v) is 8.79. The Labute approximate surface area is 165 Å². The monoisotopic (exact) mass is 426 g/mol. The van der Waals surface area contributed by atoms with Crippen LogP contribution in [0.15, 0.2) is 47.4 Å². The van der Waals surface area contributed by atoms with Crippen LogP contribution in [-0.2, 0) is 16.2 Å². The summed E-state index contributed by atoms with van der Waals surface area (Å²) in [5.41, 5.74) is -2.22. The molecule has 1 heterocycles. The topological polar surface area (TPSA) is 99.4 Å². The molecule has 2 aromatic rings. The summed E-state index contributed by atoms with van der Waals surface area (Å²) < 4.78 is 73.5. The van der Waals surface area contributed by atoms with Crippen LogP contribution in [0.5, 0.6) is 5.75 Å². The molecule has 1 aliphatic heterocycles. The largest absolute Gasteiger partial charge is 0.485 e. The Hall–Kier alpha value is -2.61. The number of aliphatic hydroxyl groups is 1. The highest BCUT2D eigenvalue weighted by Gasteiger charge is 2.46. The number of rotatable bonds is 3. The summed E-state index contributed by atoms with van der Waals surface area (Å²) in [4.78, 5) is -0.956. The molecule has 0 aliphatic carbocycles. The van der Waals surface area contributed by atoms with Crippen molar-refractivity contribution < 1.29 is 31.4 Å². The van der Waals surface area contributed by atoms with Crippen LogP contribution in [0.3, 0.4) is 0 Å². The standard InChI is InChI=1S/C19H17F3N2O4S/c1-18(2)17(25)16(12-9-11(10-23)7-8-14(12)28-18)24-29(26,27)15-6-4-3-5-13(15)19(20,21)22/h3-9,16-17,24-25H,1-2H3. The lowest BCUT2D eigenvalue weighted by Crippen LogP contribution is -2.53. The molecule has 0 aromatic heterocycles. The van der Waals surface area contributed by atoms with Crippen LogP contribution >= 0.6 is 0 Å². The molecule has 2 atom stereocenters. The van der Waals surface area contributed by atoms with E-state index in [0.29, 0.717) is 6.07 Å². The maximum Gasteiger partial charge on any atom is 0.417 e. The predicted octanol–water partition coefficient (Wildman–Crippen LogP) is 3.13. The second-order valence-electron chi connectivity index (χ2n) is 7.11. The second kappa shape index (κ2) is 7.02. The number of hydrogen-bond acceptors (Lipinski definition) is 5. The first-order valence-corrected chi connectivity index (χ1v) is 9.95. The lowest BCUT2D eigenvalue weighted by molar-refractivity contribution is -0.139. The average Bonchev–Trinajstić information content (AvgIpc) is 2.64. The van der Waals surface area contributed by atoms with Gasteiger partial charge in [0.1, 0.15) is 17.5 Å². The van der Waals surface area contributed by atoms with Crippen molar-refractivity contribution in [2.24, 2.45) is 0 Å². The Bertz CT molecular complexity index is 1090. The Morgan fingerprint density at radius 2 is 1.86 bits per heavy atom. The van der Waals surface area contributed by atoms with Crippen molar-refractivity contribution in [3.63, 3.8) is 0 Å².